The molecule has 20 nitrogen and oxygen atoms in total. The topological polar surface area (TPSA) is 251 Å². The van der Waals surface area contributed by atoms with Gasteiger partial charge < -0.3 is 97.0 Å². The Kier molecular flexibility index (Phi) is 14.1. The summed E-state index contributed by atoms with van der Waals surface area (Å²) in [6, 6.07) is 0. The van der Waals surface area contributed by atoms with Crippen LogP contribution in [0.2, 0.25) is 0 Å². The van der Waals surface area contributed by atoms with E-state index in [1.54, 1.807) is 21.1 Å². The van der Waals surface area contributed by atoms with Crippen LogP contribution in [0.5, 0.6) is 0 Å². The van der Waals surface area contributed by atoms with Gasteiger partial charge in [0, 0.05) is 46.5 Å². The van der Waals surface area contributed by atoms with E-state index in [9.17, 15) is 30.6 Å². The molecule has 3 aliphatic carbocycles. The molecule has 2 saturated carbocycles. The molecular weight excluding hydrogens is 897 g/mol. The van der Waals surface area contributed by atoms with Crippen molar-refractivity contribution in [2.45, 2.75) is 220 Å². The van der Waals surface area contributed by atoms with Crippen LogP contribution >= 0.6 is 0 Å². The number of hydrogen-bond acceptors (Lipinski definition) is 20. The molecule has 10 rings (SSSR count). The smallest absolute Gasteiger partial charge is 0.187 e. The van der Waals surface area contributed by atoms with Crippen LogP contribution in [0.1, 0.15) is 86.0 Å². The van der Waals surface area contributed by atoms with Gasteiger partial charge >= 0.3 is 0 Å². The fraction of sp³-hybridized carbons (Fsp3) is 0.958. The lowest BCUT2D eigenvalue weighted by atomic mass is 9.47. The monoisotopic (exact) mass is 972 g/mol. The van der Waals surface area contributed by atoms with E-state index in [0.717, 1.165) is 12.8 Å². The molecule has 20 heteroatoms. The first kappa shape index (κ1) is 50.5. The van der Waals surface area contributed by atoms with E-state index in [-0.39, 0.29) is 35.7 Å². The summed E-state index contributed by atoms with van der Waals surface area (Å²) < 4.78 is 87.3. The van der Waals surface area contributed by atoms with Gasteiger partial charge in [-0.1, -0.05) is 18.6 Å². The lowest BCUT2D eigenvalue weighted by molar-refractivity contribution is -0.357. The lowest BCUT2D eigenvalue weighted by Gasteiger charge is -2.60. The maximum absolute atomic E-state index is 12.6. The Bertz CT molecular complexity index is 1810. The van der Waals surface area contributed by atoms with E-state index >= 15 is 0 Å². The molecule has 388 valence electrons. The molecule has 0 aromatic carbocycles. The fourth-order valence-corrected chi connectivity index (χ4v) is 14.6. The van der Waals surface area contributed by atoms with Crippen LogP contribution in [0.25, 0.3) is 0 Å². The normalized spacial score (nSPS) is 56.6. The minimum absolute atomic E-state index is 0.00381. The molecule has 6 N–H and O–H groups in total. The number of methoxy groups -OCH3 is 3. The first-order chi connectivity index (χ1) is 32.4. The first-order valence-electron chi connectivity index (χ1n) is 24.9. The largest absolute Gasteiger partial charge is 0.394 e. The molecule has 1 spiro atoms. The molecule has 0 radical (unpaired) electrons. The van der Waals surface area contributed by atoms with Crippen molar-refractivity contribution < 1.29 is 97.0 Å². The Labute approximate surface area is 397 Å². The molecule has 0 unspecified atom stereocenters. The van der Waals surface area contributed by atoms with Crippen molar-refractivity contribution in [3.05, 3.63) is 11.6 Å². The number of rotatable bonds is 12. The average Bonchev–Trinajstić information content (AvgIpc) is 3.91. The summed E-state index contributed by atoms with van der Waals surface area (Å²) in [5, 5.41) is 65.2. The second kappa shape index (κ2) is 19.0. The van der Waals surface area contributed by atoms with E-state index in [4.69, 9.17) is 66.3 Å². The van der Waals surface area contributed by atoms with Gasteiger partial charge in [0.15, 0.2) is 36.7 Å². The molecule has 10 aliphatic rings. The van der Waals surface area contributed by atoms with Crippen LogP contribution in [-0.4, -0.2) is 206 Å². The maximum atomic E-state index is 12.6. The molecule has 27 atom stereocenters. The van der Waals surface area contributed by atoms with Crippen molar-refractivity contribution in [1.29, 1.82) is 0 Å². The van der Waals surface area contributed by atoms with Crippen LogP contribution in [-0.2, 0) is 66.3 Å². The predicted octanol–water partition coefficient (Wildman–Crippen LogP) is 0.761. The first-order valence-corrected chi connectivity index (χ1v) is 24.9. The van der Waals surface area contributed by atoms with Gasteiger partial charge in [-0.15, -0.1) is 0 Å². The van der Waals surface area contributed by atoms with E-state index in [0.29, 0.717) is 45.3 Å². The highest BCUT2D eigenvalue weighted by molar-refractivity contribution is 5.30. The average molecular weight is 973 g/mol. The van der Waals surface area contributed by atoms with E-state index in [1.165, 1.54) is 12.7 Å². The zero-order valence-electron chi connectivity index (χ0n) is 40.5. The highest BCUT2D eigenvalue weighted by Crippen LogP contribution is 2.72. The molecular formula is C48H76O20. The quantitative estimate of drug-likeness (QED) is 0.148. The zero-order valence-corrected chi connectivity index (χ0v) is 40.5. The van der Waals surface area contributed by atoms with Crippen molar-refractivity contribution in [3.8, 4) is 0 Å². The minimum Gasteiger partial charge on any atom is -0.394 e. The summed E-state index contributed by atoms with van der Waals surface area (Å²) in [7, 11) is 4.76. The van der Waals surface area contributed by atoms with Gasteiger partial charge in [0.25, 0.3) is 0 Å². The Morgan fingerprint density at radius 3 is 1.84 bits per heavy atom. The molecule has 0 amide bonds. The van der Waals surface area contributed by atoms with Gasteiger partial charge in [-0.05, 0) is 71.1 Å². The molecule has 7 saturated heterocycles. The summed E-state index contributed by atoms with van der Waals surface area (Å²) in [6.45, 7) is 10.1. The molecule has 7 aliphatic heterocycles. The van der Waals surface area contributed by atoms with Gasteiger partial charge in [0.2, 0.25) is 0 Å². The summed E-state index contributed by atoms with van der Waals surface area (Å²) in [4.78, 5) is 0. The molecule has 0 bridgehead atoms. The van der Waals surface area contributed by atoms with Gasteiger partial charge in [-0.2, -0.15) is 0 Å². The van der Waals surface area contributed by atoms with Crippen molar-refractivity contribution in [2.75, 3.05) is 41.2 Å². The lowest BCUT2D eigenvalue weighted by Crippen LogP contribution is -2.63. The van der Waals surface area contributed by atoms with Crippen LogP contribution in [0.3, 0.4) is 0 Å². The zero-order chi connectivity index (χ0) is 48.2. The van der Waals surface area contributed by atoms with E-state index in [2.05, 4.69) is 13.0 Å². The van der Waals surface area contributed by atoms with Crippen molar-refractivity contribution in [2.24, 2.45) is 28.6 Å². The number of hydrogen-bond donors (Lipinski definition) is 6. The van der Waals surface area contributed by atoms with Gasteiger partial charge in [0.05, 0.1) is 86.1 Å². The SMILES string of the molecule is CO[C@H]1C[C@H](O[C@@H]2CC3=CC[C@@H]4[C@H](CC[C@@]56CO[C@@]7(C)OC[C@@H](O[C@]45O)[C@H]76)[C@@]3(C)C[C@H]2O)O[C@H](C)[C@H]1O[C@H]1C[C@@H](OC)[C@H](O[C@H]2C[C@H](OC)[C@H](O[C@@H]3O[C@H](CO)[C@@H](O)[C@H](O)[C@H]3O)[C@@H](C)O2)[C@H](C)O1. The third-order valence-electron chi connectivity index (χ3n) is 18.1. The third kappa shape index (κ3) is 8.20. The van der Waals surface area contributed by atoms with E-state index in [1.807, 2.05) is 20.8 Å². The Morgan fingerprint density at radius 1 is 0.691 bits per heavy atom. The predicted molar refractivity (Wildman–Crippen MR) is 231 cm³/mol. The standard InChI is InChI=1S/C48H76O20/c1-21-40(65-35-15-30(56-7)41(22(2)61-35)66-36-16-31(57-8)42(23(3)62-36)67-44-39(53)38(52)37(51)32(18-49)64-44)29(55-6)14-34(60-21)63-28-13-24-9-10-26-25(45(24,4)17-27(28)50)11-12-47-20-59-46(5)43(47)33(19-58-46)68-48(26,47)54/h9,21-23,25-44,49-54H,10-20H2,1-8H3/t21-,22+,23-,25+,26-,27-,28-,29+,30-,31+,32-,33-,34+,35+,36+,37-,38+,39-,40-,41-,42-,43-,44+,45+,46-,47+,48-/m1/s1. The van der Waals surface area contributed by atoms with E-state index < -0.39 is 140 Å². The van der Waals surface area contributed by atoms with Crippen molar-refractivity contribution in [1.82, 2.24) is 0 Å². The number of aliphatic hydroxyl groups is 6. The highest BCUT2D eigenvalue weighted by Gasteiger charge is 2.80. The maximum Gasteiger partial charge on any atom is 0.187 e. The number of ether oxygens (including phenoxy) is 14. The highest BCUT2D eigenvalue weighted by atomic mass is 16.8. The van der Waals surface area contributed by atoms with Crippen LogP contribution in [0.15, 0.2) is 11.6 Å². The third-order valence-corrected chi connectivity index (χ3v) is 18.1. The Hall–Kier alpha value is -1.06. The number of fused-ring (bicyclic) bond motifs is 4. The fourth-order valence-electron chi connectivity index (χ4n) is 14.6. The van der Waals surface area contributed by atoms with Gasteiger partial charge in [0.1, 0.15) is 42.7 Å². The van der Waals surface area contributed by atoms with Crippen molar-refractivity contribution >= 4 is 0 Å². The van der Waals surface area contributed by atoms with Gasteiger partial charge in [-0.3, -0.25) is 0 Å². The molecule has 9 fully saturated rings. The summed E-state index contributed by atoms with van der Waals surface area (Å²) >= 11 is 0. The Morgan fingerprint density at radius 2 is 1.26 bits per heavy atom. The number of allylic oxidation sites excluding steroid dienone is 1. The second-order valence-electron chi connectivity index (χ2n) is 21.7. The van der Waals surface area contributed by atoms with Crippen LogP contribution < -0.4 is 0 Å². The van der Waals surface area contributed by atoms with Crippen molar-refractivity contribution in [3.63, 3.8) is 0 Å². The van der Waals surface area contributed by atoms with Crippen LogP contribution in [0, 0.1) is 28.6 Å². The Balaban J connectivity index is 0.729. The van der Waals surface area contributed by atoms with Gasteiger partial charge in [-0.25, -0.2) is 0 Å². The summed E-state index contributed by atoms with van der Waals surface area (Å²) in [6.07, 6.45) is -8.85. The molecule has 0 aromatic heterocycles. The second-order valence-corrected chi connectivity index (χ2v) is 21.7. The molecule has 7 heterocycles. The minimum atomic E-state index is -1.59. The number of aliphatic hydroxyl groups excluding tert-OH is 5. The molecule has 68 heavy (non-hydrogen) atoms. The molecule has 0 aromatic rings. The summed E-state index contributed by atoms with van der Waals surface area (Å²) in [5.41, 5.74) is 0.418. The summed E-state index contributed by atoms with van der Waals surface area (Å²) in [5.74, 6) is -2.04. The van der Waals surface area contributed by atoms with Crippen LogP contribution in [0.4, 0.5) is 0 Å².